The largest absolute Gasteiger partial charge is 0.367 e. The Morgan fingerprint density at radius 1 is 1.67 bits per heavy atom. The van der Waals surface area contributed by atoms with E-state index in [1.165, 1.54) is 6.92 Å². The lowest BCUT2D eigenvalue weighted by Gasteiger charge is -2.22. The van der Waals surface area contributed by atoms with Crippen molar-refractivity contribution in [3.63, 3.8) is 0 Å². The van der Waals surface area contributed by atoms with Crippen molar-refractivity contribution in [3.05, 3.63) is 24.0 Å². The highest BCUT2D eigenvalue weighted by Gasteiger charge is 2.30. The zero-order valence-corrected chi connectivity index (χ0v) is 6.85. The van der Waals surface area contributed by atoms with Gasteiger partial charge in [-0.05, 0) is 25.0 Å². The standard InChI is InChI=1S/C8H12F2N2/c1-8(11,7(9)10)4-6-2-3-12-5-6/h2-3,5,7,12H,4,11H2,1H3. The van der Waals surface area contributed by atoms with E-state index in [1.54, 1.807) is 18.5 Å². The van der Waals surface area contributed by atoms with E-state index in [2.05, 4.69) is 4.98 Å². The van der Waals surface area contributed by atoms with Crippen molar-refractivity contribution < 1.29 is 8.78 Å². The summed E-state index contributed by atoms with van der Waals surface area (Å²) in [4.78, 5) is 2.79. The first-order valence-corrected chi connectivity index (χ1v) is 3.71. The summed E-state index contributed by atoms with van der Waals surface area (Å²) in [6.07, 6.45) is 1.06. The molecule has 0 aliphatic rings. The Labute approximate surface area is 69.8 Å². The number of rotatable bonds is 3. The van der Waals surface area contributed by atoms with Gasteiger partial charge < -0.3 is 10.7 Å². The van der Waals surface area contributed by atoms with Crippen LogP contribution in [0.1, 0.15) is 12.5 Å². The van der Waals surface area contributed by atoms with Crippen LogP contribution in [0.3, 0.4) is 0 Å². The first-order valence-electron chi connectivity index (χ1n) is 3.71. The highest BCUT2D eigenvalue weighted by atomic mass is 19.3. The van der Waals surface area contributed by atoms with Gasteiger partial charge in [0.25, 0.3) is 6.43 Å². The molecule has 0 fully saturated rings. The third kappa shape index (κ3) is 2.04. The Bertz CT molecular complexity index is 229. The summed E-state index contributed by atoms with van der Waals surface area (Å²) < 4.78 is 24.5. The average molecular weight is 174 g/mol. The van der Waals surface area contributed by atoms with Gasteiger partial charge in [0.1, 0.15) is 0 Å². The first kappa shape index (κ1) is 9.19. The second-order valence-electron chi connectivity index (χ2n) is 3.20. The number of hydrogen-bond acceptors (Lipinski definition) is 1. The van der Waals surface area contributed by atoms with Gasteiger partial charge in [0.2, 0.25) is 0 Å². The predicted octanol–water partition coefficient (Wildman–Crippen LogP) is 1.54. The van der Waals surface area contributed by atoms with Crippen molar-refractivity contribution in [1.82, 2.24) is 4.98 Å². The van der Waals surface area contributed by atoms with Gasteiger partial charge in [-0.1, -0.05) is 0 Å². The van der Waals surface area contributed by atoms with Crippen LogP contribution in [0.25, 0.3) is 0 Å². The monoisotopic (exact) mass is 174 g/mol. The van der Waals surface area contributed by atoms with Crippen molar-refractivity contribution in [2.24, 2.45) is 5.73 Å². The molecule has 4 heteroatoms. The van der Waals surface area contributed by atoms with Gasteiger partial charge in [0.05, 0.1) is 5.54 Å². The second kappa shape index (κ2) is 3.23. The van der Waals surface area contributed by atoms with Crippen molar-refractivity contribution in [1.29, 1.82) is 0 Å². The first-order chi connectivity index (χ1) is 5.52. The van der Waals surface area contributed by atoms with Crippen LogP contribution in [0.4, 0.5) is 8.78 Å². The summed E-state index contributed by atoms with van der Waals surface area (Å²) in [5.41, 5.74) is 4.76. The minimum Gasteiger partial charge on any atom is -0.367 e. The van der Waals surface area contributed by atoms with Gasteiger partial charge in [0, 0.05) is 12.4 Å². The van der Waals surface area contributed by atoms with Crippen molar-refractivity contribution in [2.75, 3.05) is 0 Å². The van der Waals surface area contributed by atoms with Crippen molar-refractivity contribution in [2.45, 2.75) is 25.3 Å². The minimum atomic E-state index is -2.49. The quantitative estimate of drug-likeness (QED) is 0.717. The van der Waals surface area contributed by atoms with E-state index in [1.807, 2.05) is 0 Å². The Hall–Kier alpha value is -0.900. The SMILES string of the molecule is CC(N)(Cc1cc[nH]c1)C(F)F. The van der Waals surface area contributed by atoms with Crippen LogP contribution in [0.5, 0.6) is 0 Å². The molecule has 0 amide bonds. The third-order valence-corrected chi connectivity index (χ3v) is 1.75. The maximum Gasteiger partial charge on any atom is 0.256 e. The predicted molar refractivity (Wildman–Crippen MR) is 43.1 cm³/mol. The molecule has 0 radical (unpaired) electrons. The molecule has 1 aromatic heterocycles. The van der Waals surface area contributed by atoms with E-state index in [9.17, 15) is 8.78 Å². The number of halogens is 2. The van der Waals surface area contributed by atoms with Crippen LogP contribution in [0.2, 0.25) is 0 Å². The second-order valence-corrected chi connectivity index (χ2v) is 3.20. The summed E-state index contributed by atoms with van der Waals surface area (Å²) >= 11 is 0. The Kier molecular flexibility index (Phi) is 2.47. The molecule has 2 nitrogen and oxygen atoms in total. The normalized spacial score (nSPS) is 16.4. The van der Waals surface area contributed by atoms with Crippen molar-refractivity contribution >= 4 is 0 Å². The molecule has 0 spiro atoms. The van der Waals surface area contributed by atoms with E-state index in [-0.39, 0.29) is 6.42 Å². The van der Waals surface area contributed by atoms with Gasteiger partial charge >= 0.3 is 0 Å². The van der Waals surface area contributed by atoms with Crippen LogP contribution in [0.15, 0.2) is 18.5 Å². The zero-order chi connectivity index (χ0) is 9.19. The summed E-state index contributed by atoms with van der Waals surface area (Å²) in [5, 5.41) is 0. The maximum absolute atomic E-state index is 12.3. The summed E-state index contributed by atoms with van der Waals surface area (Å²) in [6, 6.07) is 1.74. The number of alkyl halides is 2. The maximum atomic E-state index is 12.3. The molecule has 3 N–H and O–H groups in total. The summed E-state index contributed by atoms with van der Waals surface area (Å²) in [5.74, 6) is 0. The van der Waals surface area contributed by atoms with Crippen LogP contribution >= 0.6 is 0 Å². The summed E-state index contributed by atoms with van der Waals surface area (Å²) in [7, 11) is 0. The number of nitrogens with one attached hydrogen (secondary N) is 1. The molecule has 1 aromatic rings. The van der Waals surface area contributed by atoms with E-state index >= 15 is 0 Å². The fraction of sp³-hybridized carbons (Fsp3) is 0.500. The van der Waals surface area contributed by atoms with E-state index in [0.29, 0.717) is 0 Å². The number of aromatic amines is 1. The fourth-order valence-electron chi connectivity index (χ4n) is 0.985. The average Bonchev–Trinajstić information content (AvgIpc) is 2.38. The van der Waals surface area contributed by atoms with Gasteiger partial charge in [-0.2, -0.15) is 0 Å². The number of hydrogen-bond donors (Lipinski definition) is 2. The zero-order valence-electron chi connectivity index (χ0n) is 6.85. The molecule has 12 heavy (non-hydrogen) atoms. The molecular formula is C8H12F2N2. The topological polar surface area (TPSA) is 41.8 Å². The van der Waals surface area contributed by atoms with Gasteiger partial charge in [-0.15, -0.1) is 0 Å². The van der Waals surface area contributed by atoms with E-state index in [0.717, 1.165) is 5.56 Å². The van der Waals surface area contributed by atoms with E-state index in [4.69, 9.17) is 5.73 Å². The number of nitrogens with two attached hydrogens (primary N) is 1. The van der Waals surface area contributed by atoms with Crippen LogP contribution in [-0.4, -0.2) is 16.9 Å². The van der Waals surface area contributed by atoms with Gasteiger partial charge in [-0.3, -0.25) is 0 Å². The van der Waals surface area contributed by atoms with Crippen LogP contribution < -0.4 is 5.73 Å². The summed E-state index contributed by atoms with van der Waals surface area (Å²) in [6.45, 7) is 1.35. The molecule has 0 saturated heterocycles. The van der Waals surface area contributed by atoms with Crippen molar-refractivity contribution in [3.8, 4) is 0 Å². The smallest absolute Gasteiger partial charge is 0.256 e. The highest BCUT2D eigenvalue weighted by Crippen LogP contribution is 2.17. The highest BCUT2D eigenvalue weighted by molar-refractivity contribution is 5.12. The number of H-pyrrole nitrogens is 1. The molecule has 1 heterocycles. The molecule has 0 aliphatic carbocycles. The molecule has 1 unspecified atom stereocenters. The van der Waals surface area contributed by atoms with Gasteiger partial charge in [-0.25, -0.2) is 8.78 Å². The van der Waals surface area contributed by atoms with Crippen LogP contribution in [-0.2, 0) is 6.42 Å². The lowest BCUT2D eigenvalue weighted by atomic mass is 9.96. The van der Waals surface area contributed by atoms with Gasteiger partial charge in [0.15, 0.2) is 0 Å². The minimum absolute atomic E-state index is 0.189. The molecule has 1 atom stereocenters. The molecule has 68 valence electrons. The molecule has 0 saturated carbocycles. The Morgan fingerprint density at radius 3 is 2.75 bits per heavy atom. The van der Waals surface area contributed by atoms with Crippen LogP contribution in [0, 0.1) is 0 Å². The molecule has 0 aliphatic heterocycles. The Balaban J connectivity index is 2.62. The molecule has 1 rings (SSSR count). The lowest BCUT2D eigenvalue weighted by Crippen LogP contribution is -2.45. The third-order valence-electron chi connectivity index (χ3n) is 1.75. The molecule has 0 aromatic carbocycles. The molecule has 0 bridgehead atoms. The molecular weight excluding hydrogens is 162 g/mol. The number of aromatic nitrogens is 1. The van der Waals surface area contributed by atoms with E-state index < -0.39 is 12.0 Å². The lowest BCUT2D eigenvalue weighted by molar-refractivity contribution is 0.0639. The Morgan fingerprint density at radius 2 is 2.33 bits per heavy atom. The fourth-order valence-corrected chi connectivity index (χ4v) is 0.985.